The van der Waals surface area contributed by atoms with Crippen molar-refractivity contribution in [3.63, 3.8) is 0 Å². The molecule has 2 aromatic heterocycles. The third-order valence-electron chi connectivity index (χ3n) is 5.56. The number of fused-ring (bicyclic) bond motifs is 2. The summed E-state index contributed by atoms with van der Waals surface area (Å²) in [6.07, 6.45) is 1.29. The Morgan fingerprint density at radius 3 is 2.62 bits per heavy atom. The Hall–Kier alpha value is -2.94. The second-order valence-corrected chi connectivity index (χ2v) is 7.47. The van der Waals surface area contributed by atoms with Crippen LogP contribution in [-0.4, -0.2) is 70.4 Å². The fourth-order valence-corrected chi connectivity index (χ4v) is 3.85. The predicted molar refractivity (Wildman–Crippen MR) is 113 cm³/mol. The number of nitrogens with zero attached hydrogens (tertiary/aromatic N) is 5. The van der Waals surface area contributed by atoms with Crippen molar-refractivity contribution >= 4 is 39.5 Å². The number of carbonyl (C=O) groups is 1. The molecule has 3 aromatic rings. The van der Waals surface area contributed by atoms with E-state index in [0.717, 1.165) is 40.3 Å². The van der Waals surface area contributed by atoms with Crippen molar-refractivity contribution < 1.29 is 9.53 Å². The molecule has 1 unspecified atom stereocenters. The Morgan fingerprint density at radius 1 is 1.21 bits per heavy atom. The summed E-state index contributed by atoms with van der Waals surface area (Å²) in [4.78, 5) is 25.8. The second-order valence-electron chi connectivity index (χ2n) is 7.47. The summed E-state index contributed by atoms with van der Waals surface area (Å²) in [5, 5.41) is 9.10. The van der Waals surface area contributed by atoms with E-state index in [1.807, 2.05) is 24.0 Å². The Kier molecular flexibility index (Phi) is 5.23. The summed E-state index contributed by atoms with van der Waals surface area (Å²) in [6.45, 7) is 6.58. The van der Waals surface area contributed by atoms with Crippen LogP contribution >= 0.6 is 0 Å². The maximum absolute atomic E-state index is 12.6. The van der Waals surface area contributed by atoms with Crippen LogP contribution in [0.5, 0.6) is 0 Å². The molecule has 4 rings (SSSR count). The number of aryl methyl sites for hydroxylation is 1. The van der Waals surface area contributed by atoms with Gasteiger partial charge in [-0.1, -0.05) is 13.3 Å². The molecule has 1 aliphatic rings. The maximum Gasteiger partial charge on any atom is 0.251 e. The monoisotopic (exact) mass is 397 g/mol. The number of nitrogen functional groups attached to an aromatic ring is 1. The van der Waals surface area contributed by atoms with Gasteiger partial charge in [-0.3, -0.25) is 9.89 Å². The standard InChI is InChI=1S/C20H27N7O2/c1-4-5-17(29-3)19(28)26-6-8-27(9-7-26)20-22-15-10-13-12(2)24-25-16(13)11-14(15)18(21)23-20/h10-11,17H,4-9H2,1-3H3,(H,24,25)(H2,21,22,23). The van der Waals surface area contributed by atoms with E-state index in [1.165, 1.54) is 0 Å². The summed E-state index contributed by atoms with van der Waals surface area (Å²) >= 11 is 0. The number of anilines is 2. The Bertz CT molecular complexity index is 1040. The van der Waals surface area contributed by atoms with E-state index < -0.39 is 0 Å². The van der Waals surface area contributed by atoms with Gasteiger partial charge in [0, 0.05) is 49.8 Å². The van der Waals surface area contributed by atoms with E-state index in [-0.39, 0.29) is 12.0 Å². The number of amides is 1. The van der Waals surface area contributed by atoms with Gasteiger partial charge in [-0.25, -0.2) is 4.98 Å². The molecule has 1 fully saturated rings. The van der Waals surface area contributed by atoms with Gasteiger partial charge >= 0.3 is 0 Å². The van der Waals surface area contributed by atoms with E-state index in [0.29, 0.717) is 37.9 Å². The number of carbonyl (C=O) groups excluding carboxylic acids is 1. The van der Waals surface area contributed by atoms with E-state index in [2.05, 4.69) is 27.0 Å². The number of benzene rings is 1. The number of H-pyrrole nitrogens is 1. The first-order chi connectivity index (χ1) is 14.0. The Labute approximate surface area is 169 Å². The lowest BCUT2D eigenvalue weighted by atomic mass is 10.1. The molecular weight excluding hydrogens is 370 g/mol. The molecule has 154 valence electrons. The number of aromatic nitrogens is 4. The van der Waals surface area contributed by atoms with Crippen LogP contribution in [-0.2, 0) is 9.53 Å². The van der Waals surface area contributed by atoms with Crippen LogP contribution in [0.1, 0.15) is 25.5 Å². The number of aromatic amines is 1. The van der Waals surface area contributed by atoms with Crippen LogP contribution in [0, 0.1) is 6.92 Å². The van der Waals surface area contributed by atoms with Gasteiger partial charge in [0.05, 0.1) is 11.0 Å². The minimum atomic E-state index is -0.361. The Morgan fingerprint density at radius 2 is 1.93 bits per heavy atom. The van der Waals surface area contributed by atoms with Crippen molar-refractivity contribution in [2.24, 2.45) is 0 Å². The first-order valence-electron chi connectivity index (χ1n) is 10.00. The third-order valence-corrected chi connectivity index (χ3v) is 5.56. The molecule has 0 radical (unpaired) electrons. The number of hydrogen-bond acceptors (Lipinski definition) is 7. The van der Waals surface area contributed by atoms with E-state index in [4.69, 9.17) is 15.5 Å². The maximum atomic E-state index is 12.6. The fourth-order valence-electron chi connectivity index (χ4n) is 3.85. The van der Waals surface area contributed by atoms with Crippen LogP contribution in [0.3, 0.4) is 0 Å². The first kappa shape index (κ1) is 19.4. The first-order valence-corrected chi connectivity index (χ1v) is 10.00. The lowest BCUT2D eigenvalue weighted by Gasteiger charge is -2.36. The number of piperazine rings is 1. The largest absolute Gasteiger partial charge is 0.383 e. The van der Waals surface area contributed by atoms with Gasteiger partial charge in [-0.15, -0.1) is 0 Å². The molecule has 29 heavy (non-hydrogen) atoms. The summed E-state index contributed by atoms with van der Waals surface area (Å²) in [5.74, 6) is 1.10. The average molecular weight is 397 g/mol. The highest BCUT2D eigenvalue weighted by atomic mass is 16.5. The normalized spacial score (nSPS) is 16.0. The molecular formula is C20H27N7O2. The van der Waals surface area contributed by atoms with Gasteiger partial charge in [0.25, 0.3) is 5.91 Å². The zero-order valence-corrected chi connectivity index (χ0v) is 17.1. The summed E-state index contributed by atoms with van der Waals surface area (Å²) in [5.41, 5.74) is 8.87. The van der Waals surface area contributed by atoms with Gasteiger partial charge in [-0.05, 0) is 25.5 Å². The fraction of sp³-hybridized carbons (Fsp3) is 0.500. The average Bonchev–Trinajstić information content (AvgIpc) is 3.10. The number of nitrogens with two attached hydrogens (primary N) is 1. The van der Waals surface area contributed by atoms with Gasteiger partial charge in [0.15, 0.2) is 0 Å². The molecule has 1 amide bonds. The molecule has 0 bridgehead atoms. The van der Waals surface area contributed by atoms with Gasteiger partial charge in [0.2, 0.25) is 5.95 Å². The van der Waals surface area contributed by atoms with Crippen LogP contribution in [0.15, 0.2) is 12.1 Å². The quantitative estimate of drug-likeness (QED) is 0.675. The number of ether oxygens (including phenoxy) is 1. The van der Waals surface area contributed by atoms with E-state index >= 15 is 0 Å². The van der Waals surface area contributed by atoms with Crippen molar-refractivity contribution in [3.8, 4) is 0 Å². The van der Waals surface area contributed by atoms with Gasteiger partial charge in [0.1, 0.15) is 11.9 Å². The van der Waals surface area contributed by atoms with Crippen molar-refractivity contribution in [1.29, 1.82) is 0 Å². The van der Waals surface area contributed by atoms with Gasteiger partial charge < -0.3 is 20.3 Å². The highest BCUT2D eigenvalue weighted by Gasteiger charge is 2.28. The highest BCUT2D eigenvalue weighted by Crippen LogP contribution is 2.27. The summed E-state index contributed by atoms with van der Waals surface area (Å²) < 4.78 is 5.37. The molecule has 1 atom stereocenters. The van der Waals surface area contributed by atoms with Crippen molar-refractivity contribution in [1.82, 2.24) is 25.1 Å². The number of nitrogens with one attached hydrogen (secondary N) is 1. The van der Waals surface area contributed by atoms with Crippen molar-refractivity contribution in [2.75, 3.05) is 43.9 Å². The molecule has 9 heteroatoms. The highest BCUT2D eigenvalue weighted by molar-refractivity contribution is 6.00. The molecule has 0 spiro atoms. The number of hydrogen-bond donors (Lipinski definition) is 2. The molecule has 1 saturated heterocycles. The molecule has 0 saturated carbocycles. The molecule has 9 nitrogen and oxygen atoms in total. The Balaban J connectivity index is 1.54. The second kappa shape index (κ2) is 7.82. The van der Waals surface area contributed by atoms with Crippen LogP contribution in [0.4, 0.5) is 11.8 Å². The molecule has 1 aromatic carbocycles. The minimum Gasteiger partial charge on any atom is -0.383 e. The number of rotatable bonds is 5. The van der Waals surface area contributed by atoms with Gasteiger partial charge in [-0.2, -0.15) is 10.1 Å². The smallest absolute Gasteiger partial charge is 0.251 e. The predicted octanol–water partition coefficient (Wildman–Crippen LogP) is 1.86. The molecule has 3 N–H and O–H groups in total. The summed E-state index contributed by atoms with van der Waals surface area (Å²) in [6, 6.07) is 3.92. The SMILES string of the molecule is CCCC(OC)C(=O)N1CCN(c2nc(N)c3cc4n[nH]c(C)c4cc3n2)CC1. The lowest BCUT2D eigenvalue weighted by molar-refractivity contribution is -0.142. The molecule has 0 aliphatic carbocycles. The van der Waals surface area contributed by atoms with Crippen LogP contribution < -0.4 is 10.6 Å². The molecule has 3 heterocycles. The molecule has 1 aliphatic heterocycles. The van der Waals surface area contributed by atoms with E-state index in [1.54, 1.807) is 7.11 Å². The topological polar surface area (TPSA) is 113 Å². The third kappa shape index (κ3) is 3.57. The lowest BCUT2D eigenvalue weighted by Crippen LogP contribution is -2.52. The number of methoxy groups -OCH3 is 1. The van der Waals surface area contributed by atoms with Crippen LogP contribution in [0.25, 0.3) is 21.8 Å². The van der Waals surface area contributed by atoms with Crippen molar-refractivity contribution in [3.05, 3.63) is 17.8 Å². The minimum absolute atomic E-state index is 0.0609. The summed E-state index contributed by atoms with van der Waals surface area (Å²) in [7, 11) is 1.60. The van der Waals surface area contributed by atoms with E-state index in [9.17, 15) is 4.79 Å². The van der Waals surface area contributed by atoms with Crippen LogP contribution in [0.2, 0.25) is 0 Å². The zero-order valence-electron chi connectivity index (χ0n) is 17.1. The zero-order chi connectivity index (χ0) is 20.5. The van der Waals surface area contributed by atoms with Crippen molar-refractivity contribution in [2.45, 2.75) is 32.8 Å².